The van der Waals surface area contributed by atoms with E-state index >= 15 is 0 Å². The van der Waals surface area contributed by atoms with Gasteiger partial charge in [-0.15, -0.1) is 0 Å². The first kappa shape index (κ1) is 11.8. The van der Waals surface area contributed by atoms with Crippen LogP contribution in [-0.2, 0) is 0 Å². The van der Waals surface area contributed by atoms with Gasteiger partial charge in [-0.05, 0) is 39.0 Å². The molecule has 0 spiro atoms. The maximum Gasteiger partial charge on any atom is 0.134 e. The van der Waals surface area contributed by atoms with Gasteiger partial charge < -0.3 is 9.80 Å². The molecule has 4 nitrogen and oxygen atoms in total. The maximum atomic E-state index is 4.62. The van der Waals surface area contributed by atoms with Crippen molar-refractivity contribution in [2.75, 3.05) is 36.0 Å². The lowest BCUT2D eigenvalue weighted by Gasteiger charge is -2.29. The van der Waals surface area contributed by atoms with Crippen molar-refractivity contribution < 1.29 is 0 Å². The molecule has 98 valence electrons. The number of aromatic nitrogens is 2. The van der Waals surface area contributed by atoms with E-state index in [0.29, 0.717) is 0 Å². The average Bonchev–Trinajstić information content (AvgIpc) is 2.93. The normalized spacial score (nSPS) is 20.5. The van der Waals surface area contributed by atoms with Crippen LogP contribution in [0.4, 0.5) is 11.6 Å². The molecule has 0 bridgehead atoms. The minimum absolute atomic E-state index is 0.903. The Labute approximate surface area is 109 Å². The maximum absolute atomic E-state index is 4.62. The van der Waals surface area contributed by atoms with Crippen molar-refractivity contribution in [1.29, 1.82) is 0 Å². The Morgan fingerprint density at radius 2 is 1.22 bits per heavy atom. The van der Waals surface area contributed by atoms with Gasteiger partial charge in [0, 0.05) is 32.2 Å². The van der Waals surface area contributed by atoms with Crippen LogP contribution in [0.2, 0.25) is 0 Å². The van der Waals surface area contributed by atoms with Crippen LogP contribution in [0.3, 0.4) is 0 Å². The fraction of sp³-hybridized carbons (Fsp3) is 0.714. The summed E-state index contributed by atoms with van der Waals surface area (Å²) in [5, 5.41) is 0. The van der Waals surface area contributed by atoms with E-state index in [0.717, 1.165) is 43.6 Å². The van der Waals surface area contributed by atoms with Gasteiger partial charge in [-0.2, -0.15) is 0 Å². The Balaban J connectivity index is 1.84. The summed E-state index contributed by atoms with van der Waals surface area (Å²) in [5.74, 6) is 3.16. The molecular weight excluding hydrogens is 224 g/mol. The summed E-state index contributed by atoms with van der Waals surface area (Å²) in [5.41, 5.74) is 0. The first-order chi connectivity index (χ1) is 8.83. The molecule has 0 unspecified atom stereocenters. The summed E-state index contributed by atoms with van der Waals surface area (Å²) >= 11 is 0. The van der Waals surface area contributed by atoms with E-state index in [4.69, 9.17) is 0 Å². The van der Waals surface area contributed by atoms with E-state index in [1.54, 1.807) is 0 Å². The number of piperidine rings is 1. The van der Waals surface area contributed by atoms with Crippen molar-refractivity contribution in [1.82, 2.24) is 9.97 Å². The van der Waals surface area contributed by atoms with Gasteiger partial charge in [0.05, 0.1) is 0 Å². The van der Waals surface area contributed by atoms with Gasteiger partial charge in [0.1, 0.15) is 17.5 Å². The van der Waals surface area contributed by atoms with E-state index < -0.39 is 0 Å². The number of hydrogen-bond donors (Lipinski definition) is 0. The fourth-order valence-electron chi connectivity index (χ4n) is 2.93. The van der Waals surface area contributed by atoms with Crippen molar-refractivity contribution >= 4 is 11.6 Å². The van der Waals surface area contributed by atoms with Crippen LogP contribution in [0.15, 0.2) is 6.07 Å². The van der Waals surface area contributed by atoms with Crippen molar-refractivity contribution in [2.24, 2.45) is 0 Å². The third kappa shape index (κ3) is 2.42. The van der Waals surface area contributed by atoms with E-state index in [2.05, 4.69) is 25.8 Å². The third-order valence-corrected chi connectivity index (χ3v) is 3.92. The summed E-state index contributed by atoms with van der Waals surface area (Å²) in [6, 6.07) is 2.18. The lowest BCUT2D eigenvalue weighted by molar-refractivity contribution is 0.572. The molecule has 2 aliphatic rings. The molecule has 0 N–H and O–H groups in total. The van der Waals surface area contributed by atoms with E-state index in [1.165, 1.54) is 32.1 Å². The van der Waals surface area contributed by atoms with Gasteiger partial charge in [0.2, 0.25) is 0 Å². The number of anilines is 2. The van der Waals surface area contributed by atoms with Gasteiger partial charge >= 0.3 is 0 Å². The monoisotopic (exact) mass is 246 g/mol. The number of hydrogen-bond acceptors (Lipinski definition) is 4. The van der Waals surface area contributed by atoms with Gasteiger partial charge in [-0.25, -0.2) is 9.97 Å². The second-order valence-electron chi connectivity index (χ2n) is 5.37. The summed E-state index contributed by atoms with van der Waals surface area (Å²) in [7, 11) is 0. The van der Waals surface area contributed by atoms with Crippen LogP contribution in [0.5, 0.6) is 0 Å². The minimum atomic E-state index is 0.903. The molecule has 0 aromatic carbocycles. The van der Waals surface area contributed by atoms with Crippen LogP contribution >= 0.6 is 0 Å². The zero-order valence-electron chi connectivity index (χ0n) is 11.2. The molecule has 2 saturated heterocycles. The zero-order chi connectivity index (χ0) is 12.4. The van der Waals surface area contributed by atoms with Crippen molar-refractivity contribution in [2.45, 2.75) is 39.0 Å². The molecule has 2 aliphatic heterocycles. The van der Waals surface area contributed by atoms with Crippen LogP contribution in [-0.4, -0.2) is 36.1 Å². The molecule has 3 rings (SSSR count). The molecule has 0 aliphatic carbocycles. The Kier molecular flexibility index (Phi) is 3.35. The number of aryl methyl sites for hydroxylation is 1. The molecular formula is C14H22N4. The van der Waals surface area contributed by atoms with Crippen LogP contribution in [0.25, 0.3) is 0 Å². The highest BCUT2D eigenvalue weighted by atomic mass is 15.2. The van der Waals surface area contributed by atoms with Gasteiger partial charge in [0.25, 0.3) is 0 Å². The average molecular weight is 246 g/mol. The molecule has 1 aromatic rings. The van der Waals surface area contributed by atoms with Gasteiger partial charge in [-0.1, -0.05) is 0 Å². The first-order valence-electron chi connectivity index (χ1n) is 7.18. The Morgan fingerprint density at radius 3 is 1.72 bits per heavy atom. The quantitative estimate of drug-likeness (QED) is 0.802. The second kappa shape index (κ2) is 5.12. The lowest BCUT2D eigenvalue weighted by Crippen LogP contribution is -2.31. The summed E-state index contributed by atoms with van der Waals surface area (Å²) in [6.07, 6.45) is 6.54. The van der Waals surface area contributed by atoms with Crippen molar-refractivity contribution in [3.63, 3.8) is 0 Å². The molecule has 2 fully saturated rings. The molecule has 18 heavy (non-hydrogen) atoms. The predicted molar refractivity (Wildman–Crippen MR) is 74.3 cm³/mol. The van der Waals surface area contributed by atoms with Crippen LogP contribution < -0.4 is 9.80 Å². The van der Waals surface area contributed by atoms with Crippen molar-refractivity contribution in [3.8, 4) is 0 Å². The summed E-state index contributed by atoms with van der Waals surface area (Å²) in [6.45, 7) is 6.60. The minimum Gasteiger partial charge on any atom is -0.356 e. The van der Waals surface area contributed by atoms with Crippen LogP contribution in [0, 0.1) is 6.92 Å². The molecule has 1 aromatic heterocycles. The molecule has 0 radical (unpaired) electrons. The second-order valence-corrected chi connectivity index (χ2v) is 5.37. The van der Waals surface area contributed by atoms with E-state index in [1.807, 2.05) is 6.92 Å². The van der Waals surface area contributed by atoms with Crippen LogP contribution in [0.1, 0.15) is 37.9 Å². The highest BCUT2D eigenvalue weighted by molar-refractivity contribution is 5.51. The highest BCUT2D eigenvalue weighted by Gasteiger charge is 2.18. The van der Waals surface area contributed by atoms with E-state index in [-0.39, 0.29) is 0 Å². The summed E-state index contributed by atoms with van der Waals surface area (Å²) < 4.78 is 0. The lowest BCUT2D eigenvalue weighted by atomic mass is 10.1. The highest BCUT2D eigenvalue weighted by Crippen LogP contribution is 2.24. The van der Waals surface area contributed by atoms with Gasteiger partial charge in [0.15, 0.2) is 0 Å². The van der Waals surface area contributed by atoms with Gasteiger partial charge in [-0.3, -0.25) is 0 Å². The standard InChI is InChI=1S/C14H22N4/c1-12-15-13(17-7-3-2-4-8-17)11-14(16-12)18-9-5-6-10-18/h11H,2-10H2,1H3. The number of rotatable bonds is 2. The van der Waals surface area contributed by atoms with E-state index in [9.17, 15) is 0 Å². The SMILES string of the molecule is Cc1nc(N2CCCCC2)cc(N2CCCC2)n1. The Bertz CT molecular complexity index is 406. The molecule has 0 amide bonds. The first-order valence-corrected chi connectivity index (χ1v) is 7.18. The van der Waals surface area contributed by atoms with Crippen molar-refractivity contribution in [3.05, 3.63) is 11.9 Å². The zero-order valence-corrected chi connectivity index (χ0v) is 11.2. The third-order valence-electron chi connectivity index (χ3n) is 3.92. The molecule has 0 saturated carbocycles. The Morgan fingerprint density at radius 1 is 0.778 bits per heavy atom. The topological polar surface area (TPSA) is 32.3 Å². The number of nitrogens with zero attached hydrogens (tertiary/aromatic N) is 4. The molecule has 0 atom stereocenters. The largest absolute Gasteiger partial charge is 0.356 e. The predicted octanol–water partition coefficient (Wildman–Crippen LogP) is 2.38. The summed E-state index contributed by atoms with van der Waals surface area (Å²) in [4.78, 5) is 14.0. The Hall–Kier alpha value is -1.32. The smallest absolute Gasteiger partial charge is 0.134 e. The fourth-order valence-corrected chi connectivity index (χ4v) is 2.93. The molecule has 4 heteroatoms. The molecule has 3 heterocycles.